The first-order valence-electron chi connectivity index (χ1n) is 6.99. The molecule has 0 spiro atoms. The molecule has 21 heavy (non-hydrogen) atoms. The lowest BCUT2D eigenvalue weighted by Gasteiger charge is -2.19. The van der Waals surface area contributed by atoms with E-state index in [1.54, 1.807) is 4.90 Å². The van der Waals surface area contributed by atoms with Gasteiger partial charge in [-0.05, 0) is 55.3 Å². The minimum Gasteiger partial charge on any atom is -0.361 e. The number of rotatable bonds is 2. The summed E-state index contributed by atoms with van der Waals surface area (Å²) in [6, 6.07) is 13.9. The molecule has 0 saturated heterocycles. The maximum atomic E-state index is 12.8. The summed E-state index contributed by atoms with van der Waals surface area (Å²) < 4.78 is 0. The van der Waals surface area contributed by atoms with E-state index in [0.717, 1.165) is 33.3 Å². The lowest BCUT2D eigenvalue weighted by atomic mass is 10.1. The Balaban J connectivity index is 2.03. The summed E-state index contributed by atoms with van der Waals surface area (Å²) in [5.74, 6) is 0.00481. The van der Waals surface area contributed by atoms with E-state index < -0.39 is 0 Å². The first-order chi connectivity index (χ1) is 10.1. The van der Waals surface area contributed by atoms with E-state index in [2.05, 4.69) is 11.1 Å². The Morgan fingerprint density at radius 2 is 1.76 bits per heavy atom. The number of anilines is 1. The SMILES string of the molecule is Cc1cc(C)cc(N(C)C(=O)c2cccc3[nH]ccc23)c1. The number of nitrogens with zero attached hydrogens (tertiary/aromatic N) is 1. The van der Waals surface area contributed by atoms with Gasteiger partial charge in [0.05, 0.1) is 0 Å². The molecule has 1 amide bonds. The van der Waals surface area contributed by atoms with Gasteiger partial charge >= 0.3 is 0 Å². The van der Waals surface area contributed by atoms with E-state index >= 15 is 0 Å². The topological polar surface area (TPSA) is 36.1 Å². The van der Waals surface area contributed by atoms with Gasteiger partial charge in [-0.1, -0.05) is 12.1 Å². The van der Waals surface area contributed by atoms with E-state index in [1.807, 2.05) is 63.5 Å². The first kappa shape index (κ1) is 13.4. The molecule has 0 aliphatic carbocycles. The molecule has 0 saturated carbocycles. The number of nitrogens with one attached hydrogen (secondary N) is 1. The van der Waals surface area contributed by atoms with E-state index in [4.69, 9.17) is 0 Å². The Hall–Kier alpha value is -2.55. The predicted molar refractivity (Wildman–Crippen MR) is 86.9 cm³/mol. The molecule has 3 heteroatoms. The van der Waals surface area contributed by atoms with Crippen molar-refractivity contribution in [2.45, 2.75) is 13.8 Å². The highest BCUT2D eigenvalue weighted by Crippen LogP contribution is 2.23. The van der Waals surface area contributed by atoms with Crippen molar-refractivity contribution < 1.29 is 4.79 Å². The fourth-order valence-electron chi connectivity index (χ4n) is 2.71. The van der Waals surface area contributed by atoms with Crippen LogP contribution in [0.25, 0.3) is 10.9 Å². The summed E-state index contributed by atoms with van der Waals surface area (Å²) in [5.41, 5.74) is 4.93. The molecule has 0 radical (unpaired) electrons. The molecule has 2 aromatic carbocycles. The number of aromatic amines is 1. The van der Waals surface area contributed by atoms with Crippen LogP contribution in [0.3, 0.4) is 0 Å². The Kier molecular flexibility index (Phi) is 3.26. The van der Waals surface area contributed by atoms with Gasteiger partial charge in [-0.25, -0.2) is 0 Å². The number of carbonyl (C=O) groups is 1. The summed E-state index contributed by atoms with van der Waals surface area (Å²) in [4.78, 5) is 17.6. The number of carbonyl (C=O) groups excluding carboxylic acids is 1. The van der Waals surface area contributed by atoms with Gasteiger partial charge in [0.2, 0.25) is 0 Å². The van der Waals surface area contributed by atoms with Gasteiger partial charge < -0.3 is 9.88 Å². The average Bonchev–Trinajstić information content (AvgIpc) is 2.93. The number of fused-ring (bicyclic) bond motifs is 1. The molecule has 3 rings (SSSR count). The molecule has 106 valence electrons. The second-order valence-electron chi connectivity index (χ2n) is 5.45. The Labute approximate surface area is 124 Å². The molecule has 1 aromatic heterocycles. The van der Waals surface area contributed by atoms with Crippen molar-refractivity contribution in [3.8, 4) is 0 Å². The number of amides is 1. The van der Waals surface area contributed by atoms with Crippen molar-refractivity contribution in [1.82, 2.24) is 4.98 Å². The summed E-state index contributed by atoms with van der Waals surface area (Å²) in [5, 5.41) is 0.957. The van der Waals surface area contributed by atoms with Crippen molar-refractivity contribution in [3.63, 3.8) is 0 Å². The normalized spacial score (nSPS) is 10.8. The number of hydrogen-bond acceptors (Lipinski definition) is 1. The minimum absolute atomic E-state index is 0.00481. The minimum atomic E-state index is 0.00481. The maximum absolute atomic E-state index is 12.8. The predicted octanol–water partition coefficient (Wildman–Crippen LogP) is 4.06. The highest BCUT2D eigenvalue weighted by atomic mass is 16.2. The third kappa shape index (κ3) is 2.42. The molecular weight excluding hydrogens is 260 g/mol. The highest BCUT2D eigenvalue weighted by molar-refractivity contribution is 6.13. The van der Waals surface area contributed by atoms with Crippen molar-refractivity contribution in [3.05, 3.63) is 65.4 Å². The van der Waals surface area contributed by atoms with Crippen molar-refractivity contribution in [2.24, 2.45) is 0 Å². The average molecular weight is 278 g/mol. The van der Waals surface area contributed by atoms with Gasteiger partial charge in [0.1, 0.15) is 0 Å². The first-order valence-corrected chi connectivity index (χ1v) is 6.99. The molecule has 0 aliphatic heterocycles. The van der Waals surface area contributed by atoms with E-state index in [1.165, 1.54) is 0 Å². The molecule has 3 nitrogen and oxygen atoms in total. The molecular formula is C18H18N2O. The van der Waals surface area contributed by atoms with Gasteiger partial charge in [-0.3, -0.25) is 4.79 Å². The molecule has 0 bridgehead atoms. The second-order valence-corrected chi connectivity index (χ2v) is 5.45. The van der Waals surface area contributed by atoms with Crippen LogP contribution >= 0.6 is 0 Å². The van der Waals surface area contributed by atoms with Gasteiger partial charge in [-0.2, -0.15) is 0 Å². The lowest BCUT2D eigenvalue weighted by Crippen LogP contribution is -2.26. The largest absolute Gasteiger partial charge is 0.361 e. The van der Waals surface area contributed by atoms with E-state index in [-0.39, 0.29) is 5.91 Å². The number of hydrogen-bond donors (Lipinski definition) is 1. The second kappa shape index (κ2) is 5.09. The summed E-state index contributed by atoms with van der Waals surface area (Å²) >= 11 is 0. The van der Waals surface area contributed by atoms with Crippen molar-refractivity contribution in [1.29, 1.82) is 0 Å². The van der Waals surface area contributed by atoms with Crippen LogP contribution in [0.4, 0.5) is 5.69 Å². The monoisotopic (exact) mass is 278 g/mol. The Bertz CT molecular complexity index is 797. The summed E-state index contributed by atoms with van der Waals surface area (Å²) in [7, 11) is 1.82. The van der Waals surface area contributed by atoms with Gasteiger partial charge in [0.15, 0.2) is 0 Å². The van der Waals surface area contributed by atoms with Crippen LogP contribution in [0.1, 0.15) is 21.5 Å². The molecule has 0 unspecified atom stereocenters. The standard InChI is InChI=1S/C18H18N2O/c1-12-9-13(2)11-14(10-12)20(3)18(21)16-5-4-6-17-15(16)7-8-19-17/h4-11,19H,1-3H3. The van der Waals surface area contributed by atoms with Gasteiger partial charge in [0, 0.05) is 35.4 Å². The van der Waals surface area contributed by atoms with E-state index in [0.29, 0.717) is 0 Å². The van der Waals surface area contributed by atoms with Crippen LogP contribution in [0.15, 0.2) is 48.7 Å². The van der Waals surface area contributed by atoms with Crippen LogP contribution in [0.5, 0.6) is 0 Å². The van der Waals surface area contributed by atoms with Crippen molar-refractivity contribution >= 4 is 22.5 Å². The van der Waals surface area contributed by atoms with E-state index in [9.17, 15) is 4.79 Å². The maximum Gasteiger partial charge on any atom is 0.258 e. The Morgan fingerprint density at radius 1 is 1.05 bits per heavy atom. The fraction of sp³-hybridized carbons (Fsp3) is 0.167. The molecule has 1 heterocycles. The van der Waals surface area contributed by atoms with Crippen LogP contribution in [0.2, 0.25) is 0 Å². The van der Waals surface area contributed by atoms with Crippen molar-refractivity contribution in [2.75, 3.05) is 11.9 Å². The number of aromatic nitrogens is 1. The Morgan fingerprint density at radius 3 is 2.48 bits per heavy atom. The number of benzene rings is 2. The summed E-state index contributed by atoms with van der Waals surface area (Å²) in [6.07, 6.45) is 1.86. The molecule has 0 fully saturated rings. The van der Waals surface area contributed by atoms with Crippen LogP contribution in [-0.4, -0.2) is 17.9 Å². The molecule has 0 aliphatic rings. The highest BCUT2D eigenvalue weighted by Gasteiger charge is 2.16. The quantitative estimate of drug-likeness (QED) is 0.754. The summed E-state index contributed by atoms with van der Waals surface area (Å²) in [6.45, 7) is 4.09. The number of H-pyrrole nitrogens is 1. The van der Waals surface area contributed by atoms with Crippen LogP contribution in [-0.2, 0) is 0 Å². The fourth-order valence-corrected chi connectivity index (χ4v) is 2.71. The third-order valence-electron chi connectivity index (χ3n) is 3.72. The third-order valence-corrected chi connectivity index (χ3v) is 3.72. The lowest BCUT2D eigenvalue weighted by molar-refractivity contribution is 0.0994. The smallest absolute Gasteiger partial charge is 0.258 e. The van der Waals surface area contributed by atoms with Crippen LogP contribution < -0.4 is 4.90 Å². The zero-order valence-corrected chi connectivity index (χ0v) is 12.5. The molecule has 1 N–H and O–H groups in total. The molecule has 0 atom stereocenters. The van der Waals surface area contributed by atoms with Gasteiger partial charge in [0.25, 0.3) is 5.91 Å². The zero-order chi connectivity index (χ0) is 15.0. The van der Waals surface area contributed by atoms with Crippen LogP contribution in [0, 0.1) is 13.8 Å². The zero-order valence-electron chi connectivity index (χ0n) is 12.5. The molecule has 3 aromatic rings. The van der Waals surface area contributed by atoms with Gasteiger partial charge in [-0.15, -0.1) is 0 Å². The number of aryl methyl sites for hydroxylation is 2.